The minimum Gasteiger partial charge on any atom is -0.356 e. The van der Waals surface area contributed by atoms with Crippen molar-refractivity contribution in [2.45, 2.75) is 32.6 Å². The summed E-state index contributed by atoms with van der Waals surface area (Å²) in [5.41, 5.74) is 1.80. The van der Waals surface area contributed by atoms with Gasteiger partial charge in [-0.1, -0.05) is 37.1 Å². The van der Waals surface area contributed by atoms with Crippen molar-refractivity contribution in [1.82, 2.24) is 15.5 Å². The van der Waals surface area contributed by atoms with Gasteiger partial charge in [0.15, 0.2) is 5.82 Å². The Balaban J connectivity index is 1.63. The standard InChI is InChI=1S/C20H25ClN4O/c1-2-3-12-22-20(26)16-5-4-13-25(14-16)19-11-10-18(23-24-19)15-6-8-17(21)9-7-15/h6-11,16H,2-5,12-14H2,1H3,(H,22,26). The highest BCUT2D eigenvalue weighted by atomic mass is 35.5. The minimum atomic E-state index is 0.0262. The van der Waals surface area contributed by atoms with Crippen LogP contribution in [-0.4, -0.2) is 35.7 Å². The van der Waals surface area contributed by atoms with Crippen LogP contribution in [0.25, 0.3) is 11.3 Å². The van der Waals surface area contributed by atoms with Gasteiger partial charge in [0.05, 0.1) is 11.6 Å². The first-order chi connectivity index (χ1) is 12.7. The summed E-state index contributed by atoms with van der Waals surface area (Å²) >= 11 is 5.93. The molecule has 1 N–H and O–H groups in total. The molecule has 3 rings (SSSR count). The topological polar surface area (TPSA) is 58.1 Å². The third-order valence-corrected chi connectivity index (χ3v) is 4.99. The predicted molar refractivity (Wildman–Crippen MR) is 105 cm³/mol. The highest BCUT2D eigenvalue weighted by molar-refractivity contribution is 6.30. The van der Waals surface area contributed by atoms with Gasteiger partial charge in [0.1, 0.15) is 0 Å². The van der Waals surface area contributed by atoms with E-state index >= 15 is 0 Å². The van der Waals surface area contributed by atoms with E-state index in [-0.39, 0.29) is 11.8 Å². The number of benzene rings is 1. The number of nitrogens with zero attached hydrogens (tertiary/aromatic N) is 3. The number of aromatic nitrogens is 2. The molecule has 2 aromatic rings. The van der Waals surface area contributed by atoms with E-state index in [0.717, 1.165) is 55.8 Å². The Morgan fingerprint density at radius 3 is 2.73 bits per heavy atom. The van der Waals surface area contributed by atoms with E-state index in [4.69, 9.17) is 11.6 Å². The molecular formula is C20H25ClN4O. The summed E-state index contributed by atoms with van der Waals surface area (Å²) < 4.78 is 0. The van der Waals surface area contributed by atoms with E-state index in [0.29, 0.717) is 11.6 Å². The average molecular weight is 373 g/mol. The van der Waals surface area contributed by atoms with Crippen LogP contribution < -0.4 is 10.2 Å². The molecule has 5 nitrogen and oxygen atoms in total. The second-order valence-electron chi connectivity index (χ2n) is 6.71. The maximum Gasteiger partial charge on any atom is 0.224 e. The molecule has 2 heterocycles. The van der Waals surface area contributed by atoms with Crippen LogP contribution in [0.5, 0.6) is 0 Å². The molecule has 1 saturated heterocycles. The zero-order valence-electron chi connectivity index (χ0n) is 15.1. The van der Waals surface area contributed by atoms with E-state index in [1.165, 1.54) is 0 Å². The van der Waals surface area contributed by atoms with Crippen molar-refractivity contribution < 1.29 is 4.79 Å². The molecule has 1 fully saturated rings. The maximum absolute atomic E-state index is 12.3. The summed E-state index contributed by atoms with van der Waals surface area (Å²) in [4.78, 5) is 14.5. The second-order valence-corrected chi connectivity index (χ2v) is 7.15. The third-order valence-electron chi connectivity index (χ3n) is 4.74. The zero-order chi connectivity index (χ0) is 18.4. The molecule has 6 heteroatoms. The molecule has 0 saturated carbocycles. The Labute approximate surface area is 159 Å². The smallest absolute Gasteiger partial charge is 0.224 e. The van der Waals surface area contributed by atoms with Crippen LogP contribution in [0.1, 0.15) is 32.6 Å². The lowest BCUT2D eigenvalue weighted by Gasteiger charge is -2.32. The van der Waals surface area contributed by atoms with Crippen molar-refractivity contribution in [2.75, 3.05) is 24.5 Å². The quantitative estimate of drug-likeness (QED) is 0.780. The number of carbonyl (C=O) groups excluding carboxylic acids is 1. The SMILES string of the molecule is CCCCNC(=O)C1CCCN(c2ccc(-c3ccc(Cl)cc3)nn2)C1. The number of piperidine rings is 1. The zero-order valence-corrected chi connectivity index (χ0v) is 15.9. The van der Waals surface area contributed by atoms with Gasteiger partial charge in [-0.2, -0.15) is 0 Å². The van der Waals surface area contributed by atoms with Crippen molar-refractivity contribution in [3.8, 4) is 11.3 Å². The number of unbranched alkanes of at least 4 members (excludes halogenated alkanes) is 1. The van der Waals surface area contributed by atoms with Crippen molar-refractivity contribution >= 4 is 23.3 Å². The van der Waals surface area contributed by atoms with Crippen LogP contribution in [0.4, 0.5) is 5.82 Å². The maximum atomic E-state index is 12.3. The highest BCUT2D eigenvalue weighted by Gasteiger charge is 2.26. The van der Waals surface area contributed by atoms with Gasteiger partial charge in [0.2, 0.25) is 5.91 Å². The second kappa shape index (κ2) is 8.99. The summed E-state index contributed by atoms with van der Waals surface area (Å²) in [6.07, 6.45) is 4.05. The lowest BCUT2D eigenvalue weighted by atomic mass is 9.97. The molecule has 1 aromatic heterocycles. The number of carbonyl (C=O) groups is 1. The van der Waals surface area contributed by atoms with Gasteiger partial charge in [0, 0.05) is 30.2 Å². The number of halogens is 1. The predicted octanol–water partition coefficient (Wildman–Crippen LogP) is 3.93. The first kappa shape index (κ1) is 18.6. The Hall–Kier alpha value is -2.14. The first-order valence-corrected chi connectivity index (χ1v) is 9.67. The van der Waals surface area contributed by atoms with Crippen molar-refractivity contribution in [3.05, 3.63) is 41.4 Å². The summed E-state index contributed by atoms with van der Waals surface area (Å²) in [6, 6.07) is 11.5. The Morgan fingerprint density at radius 2 is 2.04 bits per heavy atom. The van der Waals surface area contributed by atoms with Gasteiger partial charge in [-0.25, -0.2) is 0 Å². The van der Waals surface area contributed by atoms with Crippen LogP contribution in [0.15, 0.2) is 36.4 Å². The molecule has 26 heavy (non-hydrogen) atoms. The fourth-order valence-electron chi connectivity index (χ4n) is 3.20. The molecule has 1 atom stereocenters. The summed E-state index contributed by atoms with van der Waals surface area (Å²) in [6.45, 7) is 4.50. The molecule has 0 bridgehead atoms. The first-order valence-electron chi connectivity index (χ1n) is 9.29. The lowest BCUT2D eigenvalue weighted by Crippen LogP contribution is -2.43. The number of amides is 1. The van der Waals surface area contributed by atoms with Gasteiger partial charge in [-0.05, 0) is 43.5 Å². The number of hydrogen-bond donors (Lipinski definition) is 1. The molecular weight excluding hydrogens is 348 g/mol. The number of nitrogens with one attached hydrogen (secondary N) is 1. The fraction of sp³-hybridized carbons (Fsp3) is 0.450. The lowest BCUT2D eigenvalue weighted by molar-refractivity contribution is -0.125. The molecule has 1 aliphatic rings. The summed E-state index contributed by atoms with van der Waals surface area (Å²) in [7, 11) is 0. The molecule has 0 spiro atoms. The average Bonchev–Trinajstić information content (AvgIpc) is 2.69. The van der Waals surface area contributed by atoms with E-state index in [1.807, 2.05) is 36.4 Å². The Bertz CT molecular complexity index is 718. The molecule has 1 aliphatic heterocycles. The van der Waals surface area contributed by atoms with Crippen molar-refractivity contribution in [2.24, 2.45) is 5.92 Å². The van der Waals surface area contributed by atoms with E-state index < -0.39 is 0 Å². The molecule has 138 valence electrons. The largest absolute Gasteiger partial charge is 0.356 e. The van der Waals surface area contributed by atoms with Gasteiger partial charge in [-0.15, -0.1) is 10.2 Å². The van der Waals surface area contributed by atoms with E-state index in [1.54, 1.807) is 0 Å². The number of hydrogen-bond acceptors (Lipinski definition) is 4. The monoisotopic (exact) mass is 372 g/mol. The highest BCUT2D eigenvalue weighted by Crippen LogP contribution is 2.24. The van der Waals surface area contributed by atoms with Crippen molar-refractivity contribution in [3.63, 3.8) is 0 Å². The molecule has 1 amide bonds. The molecule has 1 aromatic carbocycles. The van der Waals surface area contributed by atoms with Gasteiger partial charge < -0.3 is 10.2 Å². The van der Waals surface area contributed by atoms with Gasteiger partial charge in [0.25, 0.3) is 0 Å². The minimum absolute atomic E-state index is 0.0262. The van der Waals surface area contributed by atoms with E-state index in [2.05, 4.69) is 27.3 Å². The van der Waals surface area contributed by atoms with E-state index in [9.17, 15) is 4.79 Å². The normalized spacial score (nSPS) is 17.2. The summed E-state index contributed by atoms with van der Waals surface area (Å²) in [5, 5.41) is 12.5. The third kappa shape index (κ3) is 4.73. The van der Waals surface area contributed by atoms with Crippen LogP contribution >= 0.6 is 11.6 Å². The Morgan fingerprint density at radius 1 is 1.23 bits per heavy atom. The van der Waals surface area contributed by atoms with Crippen LogP contribution in [0.2, 0.25) is 5.02 Å². The number of rotatable bonds is 6. The summed E-state index contributed by atoms with van der Waals surface area (Å²) in [5.74, 6) is 1.01. The fourth-order valence-corrected chi connectivity index (χ4v) is 3.33. The number of anilines is 1. The molecule has 0 radical (unpaired) electrons. The van der Waals surface area contributed by atoms with Crippen molar-refractivity contribution in [1.29, 1.82) is 0 Å². The van der Waals surface area contributed by atoms with Gasteiger partial charge in [-0.3, -0.25) is 4.79 Å². The molecule has 1 unspecified atom stereocenters. The molecule has 0 aliphatic carbocycles. The van der Waals surface area contributed by atoms with Gasteiger partial charge >= 0.3 is 0 Å². The Kier molecular flexibility index (Phi) is 6.45. The van der Waals surface area contributed by atoms with Crippen LogP contribution in [0.3, 0.4) is 0 Å². The van der Waals surface area contributed by atoms with Crippen LogP contribution in [0, 0.1) is 5.92 Å². The van der Waals surface area contributed by atoms with Crippen LogP contribution in [-0.2, 0) is 4.79 Å².